The molecule has 120 valence electrons. The van der Waals surface area contributed by atoms with Gasteiger partial charge in [-0.05, 0) is 35.1 Å². The van der Waals surface area contributed by atoms with Crippen molar-refractivity contribution >= 4 is 17.2 Å². The van der Waals surface area contributed by atoms with Crippen molar-refractivity contribution in [3.63, 3.8) is 0 Å². The third-order valence-electron chi connectivity index (χ3n) is 4.37. The molecule has 3 heterocycles. The molecule has 0 spiro atoms. The zero-order valence-corrected chi connectivity index (χ0v) is 13.8. The number of pyridine rings is 1. The molecule has 0 saturated heterocycles. The molecule has 1 N–H and O–H groups in total. The van der Waals surface area contributed by atoms with Crippen molar-refractivity contribution in [1.29, 1.82) is 0 Å². The Morgan fingerprint density at radius 3 is 2.71 bits per heavy atom. The first-order valence-electron chi connectivity index (χ1n) is 7.85. The summed E-state index contributed by atoms with van der Waals surface area (Å²) in [5.41, 5.74) is 2.61. The van der Waals surface area contributed by atoms with Gasteiger partial charge in [0.15, 0.2) is 0 Å². The third-order valence-corrected chi connectivity index (χ3v) is 5.37. The van der Waals surface area contributed by atoms with Crippen molar-refractivity contribution in [3.05, 3.63) is 92.0 Å². The van der Waals surface area contributed by atoms with Crippen LogP contribution >= 0.6 is 11.3 Å². The Labute approximate surface area is 143 Å². The van der Waals surface area contributed by atoms with Crippen LogP contribution in [0.4, 0.5) is 0 Å². The number of amides is 1. The summed E-state index contributed by atoms with van der Waals surface area (Å²) in [7, 11) is 0. The summed E-state index contributed by atoms with van der Waals surface area (Å²) in [6.07, 6.45) is 2.36. The Balaban J connectivity index is 1.77. The molecule has 0 saturated carbocycles. The fourth-order valence-electron chi connectivity index (χ4n) is 3.24. The van der Waals surface area contributed by atoms with Gasteiger partial charge in [-0.15, -0.1) is 11.3 Å². The standard InChI is InChI=1S/C19H16N2O2S/c22-17-7-6-14(12-20-17)19(23)21-10-8-16-15(9-11-24-16)18(21)13-4-2-1-3-5-13/h1-7,9,11-12,18H,8,10H2,(H,20,22)/t18-/m1/s1. The van der Waals surface area contributed by atoms with Gasteiger partial charge in [0.2, 0.25) is 5.56 Å². The van der Waals surface area contributed by atoms with Gasteiger partial charge in [0, 0.05) is 23.7 Å². The lowest BCUT2D eigenvalue weighted by molar-refractivity contribution is 0.0695. The number of benzene rings is 1. The maximum Gasteiger partial charge on any atom is 0.256 e. The first-order valence-corrected chi connectivity index (χ1v) is 8.73. The second kappa shape index (κ2) is 6.09. The van der Waals surface area contributed by atoms with Crippen LogP contribution in [-0.4, -0.2) is 22.3 Å². The van der Waals surface area contributed by atoms with Crippen molar-refractivity contribution in [2.24, 2.45) is 0 Å². The summed E-state index contributed by atoms with van der Waals surface area (Å²) in [5, 5.41) is 2.09. The normalized spacial score (nSPS) is 16.7. The molecular weight excluding hydrogens is 320 g/mol. The van der Waals surface area contributed by atoms with Gasteiger partial charge in [-0.3, -0.25) is 9.59 Å². The molecule has 2 aromatic heterocycles. The van der Waals surface area contributed by atoms with E-state index < -0.39 is 0 Å². The molecule has 1 aliphatic heterocycles. The smallest absolute Gasteiger partial charge is 0.256 e. The number of aromatic nitrogens is 1. The topological polar surface area (TPSA) is 53.2 Å². The molecule has 0 radical (unpaired) electrons. The van der Waals surface area contributed by atoms with E-state index in [2.05, 4.69) is 28.6 Å². The van der Waals surface area contributed by atoms with Gasteiger partial charge >= 0.3 is 0 Å². The predicted molar refractivity (Wildman–Crippen MR) is 94.4 cm³/mol. The Kier molecular flexibility index (Phi) is 3.78. The highest BCUT2D eigenvalue weighted by molar-refractivity contribution is 7.10. The zero-order valence-electron chi connectivity index (χ0n) is 12.9. The monoisotopic (exact) mass is 336 g/mol. The number of aromatic amines is 1. The van der Waals surface area contributed by atoms with Crippen LogP contribution in [0.5, 0.6) is 0 Å². The molecular formula is C19H16N2O2S. The molecule has 1 aromatic carbocycles. The highest BCUT2D eigenvalue weighted by Gasteiger charge is 2.33. The van der Waals surface area contributed by atoms with Crippen molar-refractivity contribution < 1.29 is 4.79 Å². The third kappa shape index (κ3) is 2.57. The van der Waals surface area contributed by atoms with E-state index in [1.54, 1.807) is 17.4 Å². The van der Waals surface area contributed by atoms with E-state index in [9.17, 15) is 9.59 Å². The van der Waals surface area contributed by atoms with Crippen molar-refractivity contribution in [2.45, 2.75) is 12.5 Å². The molecule has 0 unspecified atom stereocenters. The lowest BCUT2D eigenvalue weighted by Gasteiger charge is -2.36. The van der Waals surface area contributed by atoms with Gasteiger partial charge in [-0.25, -0.2) is 0 Å². The fraction of sp³-hybridized carbons (Fsp3) is 0.158. The van der Waals surface area contributed by atoms with E-state index in [0.717, 1.165) is 12.0 Å². The quantitative estimate of drug-likeness (QED) is 0.781. The summed E-state index contributed by atoms with van der Waals surface area (Å²) < 4.78 is 0. The average molecular weight is 336 g/mol. The molecule has 0 bridgehead atoms. The van der Waals surface area contributed by atoms with Gasteiger partial charge in [-0.1, -0.05) is 30.3 Å². The van der Waals surface area contributed by atoms with Crippen LogP contribution in [0.3, 0.4) is 0 Å². The largest absolute Gasteiger partial charge is 0.328 e. The van der Waals surface area contributed by atoms with Crippen LogP contribution in [0, 0.1) is 0 Å². The second-order valence-corrected chi connectivity index (χ2v) is 6.80. The number of carbonyl (C=O) groups excluding carboxylic acids is 1. The molecule has 1 amide bonds. The minimum absolute atomic E-state index is 0.0584. The fourth-order valence-corrected chi connectivity index (χ4v) is 4.14. The van der Waals surface area contributed by atoms with Gasteiger partial charge in [0.05, 0.1) is 11.6 Å². The van der Waals surface area contributed by atoms with Crippen LogP contribution < -0.4 is 5.56 Å². The maximum absolute atomic E-state index is 13.0. The highest BCUT2D eigenvalue weighted by Crippen LogP contribution is 2.38. The van der Waals surface area contributed by atoms with E-state index in [1.807, 2.05) is 23.1 Å². The summed E-state index contributed by atoms with van der Waals surface area (Å²) in [6.45, 7) is 0.672. The minimum Gasteiger partial charge on any atom is -0.328 e. The lowest BCUT2D eigenvalue weighted by atomic mass is 9.93. The molecule has 24 heavy (non-hydrogen) atoms. The summed E-state index contributed by atoms with van der Waals surface area (Å²) in [5.74, 6) is -0.0584. The van der Waals surface area contributed by atoms with E-state index in [4.69, 9.17) is 0 Å². The Bertz CT molecular complexity index is 909. The number of H-pyrrole nitrogens is 1. The van der Waals surface area contributed by atoms with Crippen molar-refractivity contribution in [3.8, 4) is 0 Å². The number of nitrogens with zero attached hydrogens (tertiary/aromatic N) is 1. The highest BCUT2D eigenvalue weighted by atomic mass is 32.1. The number of thiophene rings is 1. The van der Waals surface area contributed by atoms with Crippen LogP contribution in [0.25, 0.3) is 0 Å². The number of rotatable bonds is 2. The molecule has 1 atom stereocenters. The molecule has 0 fully saturated rings. The van der Waals surface area contributed by atoms with E-state index in [-0.39, 0.29) is 17.5 Å². The van der Waals surface area contributed by atoms with Gasteiger partial charge in [0.1, 0.15) is 0 Å². The molecule has 3 aromatic rings. The summed E-state index contributed by atoms with van der Waals surface area (Å²) >= 11 is 1.75. The van der Waals surface area contributed by atoms with Gasteiger partial charge < -0.3 is 9.88 Å². The molecule has 0 aliphatic carbocycles. The molecule has 5 heteroatoms. The van der Waals surface area contributed by atoms with Crippen molar-refractivity contribution in [2.75, 3.05) is 6.54 Å². The summed E-state index contributed by atoms with van der Waals surface area (Å²) in [4.78, 5) is 30.1. The Hall–Kier alpha value is -2.66. The average Bonchev–Trinajstić information content (AvgIpc) is 3.10. The minimum atomic E-state index is -0.204. The second-order valence-electron chi connectivity index (χ2n) is 5.80. The molecule has 1 aliphatic rings. The van der Waals surface area contributed by atoms with Crippen LogP contribution in [-0.2, 0) is 6.42 Å². The van der Waals surface area contributed by atoms with Gasteiger partial charge in [0.25, 0.3) is 5.91 Å². The summed E-state index contributed by atoms with van der Waals surface area (Å²) in [6, 6.07) is 15.1. The zero-order chi connectivity index (χ0) is 16.5. The molecule has 4 nitrogen and oxygen atoms in total. The van der Waals surface area contributed by atoms with Crippen LogP contribution in [0.2, 0.25) is 0 Å². The van der Waals surface area contributed by atoms with Crippen LogP contribution in [0.15, 0.2) is 64.9 Å². The van der Waals surface area contributed by atoms with E-state index >= 15 is 0 Å². The first-order chi connectivity index (χ1) is 11.7. The van der Waals surface area contributed by atoms with Gasteiger partial charge in [-0.2, -0.15) is 0 Å². The van der Waals surface area contributed by atoms with E-state index in [0.29, 0.717) is 12.1 Å². The lowest BCUT2D eigenvalue weighted by Crippen LogP contribution is -2.40. The SMILES string of the molecule is O=C(c1ccc(=O)[nH]c1)N1CCc2sccc2[C@H]1c1ccccc1. The van der Waals surface area contributed by atoms with E-state index in [1.165, 1.54) is 22.7 Å². The first kappa shape index (κ1) is 14.9. The Morgan fingerprint density at radius 2 is 1.96 bits per heavy atom. The number of hydrogen-bond acceptors (Lipinski definition) is 3. The van der Waals surface area contributed by atoms with Crippen molar-refractivity contribution in [1.82, 2.24) is 9.88 Å². The maximum atomic E-state index is 13.0. The number of hydrogen-bond donors (Lipinski definition) is 1. The Morgan fingerprint density at radius 1 is 1.12 bits per heavy atom. The molecule has 4 rings (SSSR count). The number of nitrogens with one attached hydrogen (secondary N) is 1. The number of fused-ring (bicyclic) bond motifs is 1. The number of carbonyl (C=O) groups is 1. The predicted octanol–water partition coefficient (Wildman–Crippen LogP) is 3.22. The van der Waals surface area contributed by atoms with Crippen LogP contribution in [0.1, 0.15) is 32.4 Å².